The number of tetrazole rings is 1. The number of hydrogen-bond acceptors (Lipinski definition) is 17. The summed E-state index contributed by atoms with van der Waals surface area (Å²) in [7, 11) is -4.99. The highest BCUT2D eigenvalue weighted by Crippen LogP contribution is 2.33. The van der Waals surface area contributed by atoms with Gasteiger partial charge in [-0.1, -0.05) is 10.4 Å². The Morgan fingerprint density at radius 2 is 2.13 bits per heavy atom. The van der Waals surface area contributed by atoms with Gasteiger partial charge in [0, 0.05) is 30.1 Å². The van der Waals surface area contributed by atoms with Crippen LogP contribution in [0.25, 0.3) is 10.8 Å². The molecule has 0 saturated carbocycles. The quantitative estimate of drug-likeness (QED) is 0.0426. The average molecular weight is 677 g/mol. The number of aromatic nitrogens is 6. The Balaban J connectivity index is 1.35. The number of thiazole rings is 1. The van der Waals surface area contributed by atoms with Crippen LogP contribution in [0.2, 0.25) is 0 Å². The molecule has 244 valence electrons. The molecule has 0 bridgehead atoms. The van der Waals surface area contributed by atoms with Crippen molar-refractivity contribution in [3.63, 3.8) is 0 Å². The topological polar surface area (TPSA) is 288 Å². The number of anilines is 2. The molecule has 2 atom stereocenters. The first kappa shape index (κ1) is 32.4. The van der Waals surface area contributed by atoms with Crippen LogP contribution >= 0.6 is 11.3 Å². The average Bonchev–Trinajstić information content (AvgIpc) is 3.71. The lowest BCUT2D eigenvalue weighted by Gasteiger charge is -2.50. The number of aromatic amines is 1. The van der Waals surface area contributed by atoms with Crippen LogP contribution < -0.4 is 26.8 Å². The Bertz CT molecular complexity index is 1870. The van der Waals surface area contributed by atoms with Crippen molar-refractivity contribution in [2.75, 3.05) is 30.7 Å². The minimum absolute atomic E-state index is 0.0191. The number of hydroxylamine groups is 2. The van der Waals surface area contributed by atoms with Crippen molar-refractivity contribution in [3.05, 3.63) is 47.4 Å². The summed E-state index contributed by atoms with van der Waals surface area (Å²) in [6.07, 6.45) is 0.563. The molecule has 0 spiro atoms. The number of amides is 2. The van der Waals surface area contributed by atoms with Crippen molar-refractivity contribution in [3.8, 4) is 5.75 Å². The number of β-lactam (4-membered cyclic amide) rings is 1. The van der Waals surface area contributed by atoms with Gasteiger partial charge < -0.3 is 31.7 Å². The summed E-state index contributed by atoms with van der Waals surface area (Å²) in [5.74, 6) is -0.667. The van der Waals surface area contributed by atoms with E-state index in [0.717, 1.165) is 22.1 Å². The smallest absolute Gasteiger partial charge is 0.418 e. The highest BCUT2D eigenvalue weighted by atomic mass is 32.3. The lowest BCUT2D eigenvalue weighted by molar-refractivity contribution is -0.218. The third-order valence-electron chi connectivity index (χ3n) is 6.60. The molecule has 46 heavy (non-hydrogen) atoms. The number of rotatable bonds is 14. The number of nitrogens with one attached hydrogen (secondary N) is 3. The molecule has 1 saturated heterocycles. The second-order valence-electron chi connectivity index (χ2n) is 10.1. The van der Waals surface area contributed by atoms with E-state index < -0.39 is 39.9 Å². The number of nitrogens with two attached hydrogens (primary N) is 2. The Morgan fingerprint density at radius 1 is 1.33 bits per heavy atom. The molecule has 5 rings (SSSR count). The van der Waals surface area contributed by atoms with E-state index in [4.69, 9.17) is 25.6 Å². The van der Waals surface area contributed by atoms with Crippen LogP contribution in [0.15, 0.2) is 41.0 Å². The third kappa shape index (κ3) is 7.10. The Morgan fingerprint density at radius 3 is 2.78 bits per heavy atom. The summed E-state index contributed by atoms with van der Waals surface area (Å²) < 4.78 is 41.6. The molecule has 1 aliphatic heterocycles. The molecule has 3 aromatic heterocycles. The molecular formula is C24H28N12O8S2. The van der Waals surface area contributed by atoms with Crippen molar-refractivity contribution >= 4 is 61.0 Å². The van der Waals surface area contributed by atoms with Crippen molar-refractivity contribution in [2.45, 2.75) is 31.5 Å². The van der Waals surface area contributed by atoms with E-state index in [0.29, 0.717) is 29.7 Å². The van der Waals surface area contributed by atoms with Gasteiger partial charge in [0.1, 0.15) is 29.9 Å². The van der Waals surface area contributed by atoms with Crippen LogP contribution in [0.1, 0.15) is 31.5 Å². The van der Waals surface area contributed by atoms with Crippen LogP contribution in [-0.4, -0.2) is 97.4 Å². The predicted molar refractivity (Wildman–Crippen MR) is 161 cm³/mol. The first-order valence-electron chi connectivity index (χ1n) is 13.3. The van der Waals surface area contributed by atoms with Crippen molar-refractivity contribution < 1.29 is 36.4 Å². The standard InChI is InChI=1S/C24H28N12O8S2/c1-24(2)18(22(38)36(24)44-46(39,40)41)30-21(37)17(15-11-45-23(26)29-15)33-43-16(20-31-34-35-32-20)10-42-13-3-4-14-12(9-13)5-7-27-19(14)28-8-6-25/h3-5,7,9,11,16,18H,6,8,10,25H2,1-2H3,(H2,26,29)(H,27,28)(H,30,37)(H,39,40,41)(H,31,32,34,35)/b33-17-/t16-,18?/m1/s1. The lowest BCUT2D eigenvalue weighted by atomic mass is 9.84. The predicted octanol–water partition coefficient (Wildman–Crippen LogP) is -0.462. The number of hydrogen-bond donors (Lipinski definition) is 6. The summed E-state index contributed by atoms with van der Waals surface area (Å²) >= 11 is 1.02. The SMILES string of the molecule is CC1(C)C(NC(=O)/C(=N\O[C@H](COc2ccc3c(NCCN)nccc3c2)c2nn[nH]n2)c2csc(N)n2)C(=O)N1OS(=O)(=O)O. The van der Waals surface area contributed by atoms with Crippen LogP contribution in [0.4, 0.5) is 10.9 Å². The van der Waals surface area contributed by atoms with Crippen LogP contribution in [-0.2, 0) is 29.1 Å². The number of carbonyl (C=O) groups excluding carboxylic acids is 2. The first-order valence-corrected chi connectivity index (χ1v) is 15.6. The fourth-order valence-electron chi connectivity index (χ4n) is 4.34. The van der Waals surface area contributed by atoms with Crippen LogP contribution in [0, 0.1) is 0 Å². The Labute approximate surface area is 264 Å². The molecular weight excluding hydrogens is 648 g/mol. The second kappa shape index (κ2) is 13.1. The summed E-state index contributed by atoms with van der Waals surface area (Å²) in [6.45, 7) is 3.63. The molecule has 1 aromatic carbocycles. The largest absolute Gasteiger partial charge is 0.489 e. The van der Waals surface area contributed by atoms with E-state index in [1.165, 1.54) is 19.2 Å². The highest BCUT2D eigenvalue weighted by Gasteiger charge is 2.58. The number of oxime groups is 1. The molecule has 4 aromatic rings. The van der Waals surface area contributed by atoms with E-state index in [1.54, 1.807) is 18.3 Å². The molecule has 2 amide bonds. The molecule has 4 heterocycles. The van der Waals surface area contributed by atoms with Crippen LogP contribution in [0.3, 0.4) is 0 Å². The molecule has 1 aliphatic rings. The van der Waals surface area contributed by atoms with Gasteiger partial charge in [0.25, 0.3) is 11.8 Å². The number of benzene rings is 1. The van der Waals surface area contributed by atoms with Gasteiger partial charge in [-0.25, -0.2) is 9.97 Å². The number of carbonyl (C=O) groups is 2. The normalized spacial score (nSPS) is 17.0. The summed E-state index contributed by atoms with van der Waals surface area (Å²) in [5.41, 5.74) is 9.62. The van der Waals surface area contributed by atoms with Crippen molar-refractivity contribution in [2.24, 2.45) is 10.9 Å². The van der Waals surface area contributed by atoms with Crippen molar-refractivity contribution in [1.29, 1.82) is 0 Å². The molecule has 20 nitrogen and oxygen atoms in total. The lowest BCUT2D eigenvalue weighted by Crippen LogP contribution is -2.76. The van der Waals surface area contributed by atoms with Crippen LogP contribution in [0.5, 0.6) is 5.75 Å². The van der Waals surface area contributed by atoms with E-state index >= 15 is 0 Å². The molecule has 1 fully saturated rings. The minimum Gasteiger partial charge on any atom is -0.489 e. The maximum atomic E-state index is 13.4. The van der Waals surface area contributed by atoms with Gasteiger partial charge in [0.2, 0.25) is 11.9 Å². The summed E-state index contributed by atoms with van der Waals surface area (Å²) in [4.78, 5) is 40.1. The first-order chi connectivity index (χ1) is 21.9. The van der Waals surface area contributed by atoms with Gasteiger partial charge in [0.05, 0.1) is 5.54 Å². The number of pyridine rings is 1. The van der Waals surface area contributed by atoms with E-state index in [9.17, 15) is 18.0 Å². The zero-order valence-corrected chi connectivity index (χ0v) is 25.8. The molecule has 1 unspecified atom stereocenters. The third-order valence-corrected chi connectivity index (χ3v) is 7.61. The van der Waals surface area contributed by atoms with Crippen molar-refractivity contribution in [1.82, 2.24) is 41.0 Å². The fourth-order valence-corrected chi connectivity index (χ4v) is 5.35. The monoisotopic (exact) mass is 676 g/mol. The molecule has 0 aliphatic carbocycles. The molecule has 8 N–H and O–H groups in total. The Hall–Kier alpha value is -5.03. The molecule has 0 radical (unpaired) electrons. The zero-order chi connectivity index (χ0) is 33.1. The number of nitrogens with zero attached hydrogens (tertiary/aromatic N) is 7. The maximum absolute atomic E-state index is 13.4. The zero-order valence-electron chi connectivity index (χ0n) is 24.1. The van der Waals surface area contributed by atoms with Gasteiger partial charge in [-0.2, -0.15) is 18.7 Å². The fraction of sp³-hybridized carbons (Fsp3) is 0.333. The van der Waals surface area contributed by atoms with E-state index in [1.807, 2.05) is 12.1 Å². The number of nitrogen functional groups attached to an aromatic ring is 1. The van der Waals surface area contributed by atoms with E-state index in [-0.39, 0.29) is 29.0 Å². The van der Waals surface area contributed by atoms with Gasteiger partial charge in [0.15, 0.2) is 10.8 Å². The Kier molecular flexibility index (Phi) is 9.24. The number of H-pyrrole nitrogens is 1. The molecule has 22 heteroatoms. The summed E-state index contributed by atoms with van der Waals surface area (Å²) in [5, 5.41) is 27.1. The highest BCUT2D eigenvalue weighted by molar-refractivity contribution is 7.80. The minimum atomic E-state index is -4.99. The summed E-state index contributed by atoms with van der Waals surface area (Å²) in [6, 6.07) is 5.91. The maximum Gasteiger partial charge on any atom is 0.418 e. The van der Waals surface area contributed by atoms with Gasteiger partial charge in [-0.3, -0.25) is 14.1 Å². The van der Waals surface area contributed by atoms with Gasteiger partial charge in [-0.05, 0) is 43.5 Å². The van der Waals surface area contributed by atoms with E-state index in [2.05, 4.69) is 50.7 Å². The number of fused-ring (bicyclic) bond motifs is 1. The number of ether oxygens (including phenoxy) is 1. The van der Waals surface area contributed by atoms with Gasteiger partial charge in [-0.15, -0.1) is 25.8 Å². The van der Waals surface area contributed by atoms with Gasteiger partial charge >= 0.3 is 10.4 Å². The second-order valence-corrected chi connectivity index (χ2v) is 12.0.